The summed E-state index contributed by atoms with van der Waals surface area (Å²) in [6.45, 7) is 0.00568. The highest BCUT2D eigenvalue weighted by Crippen LogP contribution is 2.17. The summed E-state index contributed by atoms with van der Waals surface area (Å²) in [6, 6.07) is 12.9. The number of hydrogen-bond acceptors (Lipinski definition) is 6. The highest BCUT2D eigenvalue weighted by molar-refractivity contribution is 6.06. The van der Waals surface area contributed by atoms with Crippen molar-refractivity contribution in [3.05, 3.63) is 65.7 Å². The van der Waals surface area contributed by atoms with Crippen LogP contribution in [-0.2, 0) is 14.3 Å². The normalized spacial score (nSPS) is 13.1. The minimum Gasteiger partial charge on any atom is -0.497 e. The van der Waals surface area contributed by atoms with Gasteiger partial charge in [0.15, 0.2) is 6.61 Å². The highest BCUT2D eigenvalue weighted by atomic mass is 16.5. The number of para-hydroxylation sites is 1. The van der Waals surface area contributed by atoms with E-state index in [-0.39, 0.29) is 17.8 Å². The molecule has 1 heterocycles. The Labute approximate surface area is 178 Å². The molecule has 1 aliphatic rings. The molecule has 0 aromatic heterocycles. The second-order valence-corrected chi connectivity index (χ2v) is 6.49. The molecule has 0 atom stereocenters. The van der Waals surface area contributed by atoms with Crippen LogP contribution in [0.15, 0.2) is 54.6 Å². The van der Waals surface area contributed by atoms with Crippen molar-refractivity contribution in [2.45, 2.75) is 0 Å². The maximum Gasteiger partial charge on any atom is 0.340 e. The first-order chi connectivity index (χ1) is 15.0. The summed E-state index contributed by atoms with van der Waals surface area (Å²) >= 11 is 0. The van der Waals surface area contributed by atoms with Gasteiger partial charge >= 0.3 is 12.0 Å². The Kier molecular flexibility index (Phi) is 7.00. The van der Waals surface area contributed by atoms with Gasteiger partial charge in [-0.05, 0) is 35.9 Å². The number of nitrogens with zero attached hydrogens (tertiary/aromatic N) is 1. The minimum atomic E-state index is -0.789. The van der Waals surface area contributed by atoms with Gasteiger partial charge in [0.25, 0.3) is 5.91 Å². The predicted octanol–water partition coefficient (Wildman–Crippen LogP) is 2.06. The van der Waals surface area contributed by atoms with Crippen molar-refractivity contribution in [1.29, 1.82) is 0 Å². The van der Waals surface area contributed by atoms with Crippen molar-refractivity contribution in [1.82, 2.24) is 10.2 Å². The molecule has 4 amide bonds. The Morgan fingerprint density at radius 1 is 1.13 bits per heavy atom. The number of benzene rings is 2. The first-order valence-electron chi connectivity index (χ1n) is 9.45. The molecule has 0 unspecified atom stereocenters. The van der Waals surface area contributed by atoms with Gasteiger partial charge in [-0.25, -0.2) is 9.59 Å². The average molecular weight is 423 g/mol. The number of esters is 1. The van der Waals surface area contributed by atoms with Gasteiger partial charge in [0.2, 0.25) is 5.91 Å². The molecule has 9 heteroatoms. The van der Waals surface area contributed by atoms with Crippen LogP contribution in [0.2, 0.25) is 0 Å². The number of rotatable bonds is 7. The number of carbonyl (C=O) groups excluding carboxylic acids is 4. The number of imide groups is 1. The molecule has 31 heavy (non-hydrogen) atoms. The number of anilines is 1. The number of carbonyl (C=O) groups is 4. The first-order valence-corrected chi connectivity index (χ1v) is 9.45. The second-order valence-electron chi connectivity index (χ2n) is 6.49. The van der Waals surface area contributed by atoms with Crippen LogP contribution in [0.1, 0.15) is 15.9 Å². The quantitative estimate of drug-likeness (QED) is 0.521. The third kappa shape index (κ3) is 5.69. The zero-order valence-corrected chi connectivity index (χ0v) is 16.8. The van der Waals surface area contributed by atoms with Crippen molar-refractivity contribution in [3.8, 4) is 5.75 Å². The molecule has 0 aliphatic carbocycles. The Morgan fingerprint density at radius 3 is 2.55 bits per heavy atom. The summed E-state index contributed by atoms with van der Waals surface area (Å²) in [5, 5.41) is 5.12. The smallest absolute Gasteiger partial charge is 0.340 e. The molecule has 2 N–H and O–H groups in total. The lowest BCUT2D eigenvalue weighted by Crippen LogP contribution is -2.37. The Morgan fingerprint density at radius 2 is 1.87 bits per heavy atom. The fraction of sp³-hybridized carbons (Fsp3) is 0.182. The van der Waals surface area contributed by atoms with E-state index in [9.17, 15) is 19.2 Å². The van der Waals surface area contributed by atoms with Crippen LogP contribution >= 0.6 is 0 Å². The monoisotopic (exact) mass is 423 g/mol. The fourth-order valence-electron chi connectivity index (χ4n) is 2.82. The third-order valence-corrected chi connectivity index (χ3v) is 4.43. The van der Waals surface area contributed by atoms with E-state index in [0.29, 0.717) is 12.3 Å². The summed E-state index contributed by atoms with van der Waals surface area (Å²) in [7, 11) is 1.57. The molecular weight excluding hydrogens is 402 g/mol. The molecule has 0 radical (unpaired) electrons. The van der Waals surface area contributed by atoms with Crippen molar-refractivity contribution in [2.75, 3.05) is 32.1 Å². The van der Waals surface area contributed by atoms with Crippen LogP contribution in [0.4, 0.5) is 10.5 Å². The molecule has 2 aromatic rings. The molecule has 1 saturated heterocycles. The molecule has 9 nitrogen and oxygen atoms in total. The van der Waals surface area contributed by atoms with Crippen LogP contribution in [0.5, 0.6) is 5.75 Å². The van der Waals surface area contributed by atoms with Gasteiger partial charge < -0.3 is 20.1 Å². The summed E-state index contributed by atoms with van der Waals surface area (Å²) in [6.07, 6.45) is 2.95. The number of nitrogens with one attached hydrogen (secondary N) is 2. The average Bonchev–Trinajstić information content (AvgIpc) is 3.22. The van der Waals surface area contributed by atoms with Crippen molar-refractivity contribution in [2.24, 2.45) is 0 Å². The molecule has 1 fully saturated rings. The van der Waals surface area contributed by atoms with Gasteiger partial charge in [-0.3, -0.25) is 14.5 Å². The van der Waals surface area contributed by atoms with Crippen LogP contribution < -0.4 is 15.4 Å². The van der Waals surface area contributed by atoms with Gasteiger partial charge in [-0.1, -0.05) is 24.3 Å². The van der Waals surface area contributed by atoms with Gasteiger partial charge in [-0.15, -0.1) is 0 Å². The molecule has 1 aliphatic heterocycles. The SMILES string of the molecule is COc1ccc(/C=C/C(=O)Nc2ccccc2C(=O)OCC(=O)N2CCNC2=O)cc1. The standard InChI is InChI=1S/C22H21N3O6/c1-30-16-9-6-15(7-10-16)8-11-19(26)24-18-5-3-2-4-17(18)21(28)31-14-20(27)25-13-12-23-22(25)29/h2-11H,12-14H2,1H3,(H,23,29)(H,24,26)/b11-8+. The number of ether oxygens (including phenoxy) is 2. The maximum absolute atomic E-state index is 12.4. The fourth-order valence-corrected chi connectivity index (χ4v) is 2.82. The van der Waals surface area contributed by atoms with E-state index in [4.69, 9.17) is 9.47 Å². The molecule has 160 valence electrons. The Hall–Kier alpha value is -4.14. The van der Waals surface area contributed by atoms with E-state index in [1.54, 1.807) is 55.7 Å². The van der Waals surface area contributed by atoms with Crippen LogP contribution in [-0.4, -0.2) is 55.5 Å². The topological polar surface area (TPSA) is 114 Å². The lowest BCUT2D eigenvalue weighted by molar-refractivity contribution is -0.130. The molecular formula is C22H21N3O6. The van der Waals surface area contributed by atoms with Crippen molar-refractivity contribution >= 4 is 35.6 Å². The lowest BCUT2D eigenvalue weighted by Gasteiger charge is -2.13. The molecule has 0 saturated carbocycles. The van der Waals surface area contributed by atoms with Gasteiger partial charge in [0, 0.05) is 19.2 Å². The van der Waals surface area contributed by atoms with E-state index in [0.717, 1.165) is 10.5 Å². The van der Waals surface area contributed by atoms with Crippen LogP contribution in [0.25, 0.3) is 6.08 Å². The summed E-state index contributed by atoms with van der Waals surface area (Å²) in [5.41, 5.74) is 1.13. The largest absolute Gasteiger partial charge is 0.497 e. The zero-order chi connectivity index (χ0) is 22.2. The van der Waals surface area contributed by atoms with E-state index in [1.807, 2.05) is 0 Å². The third-order valence-electron chi connectivity index (χ3n) is 4.43. The number of urea groups is 1. The second kappa shape index (κ2) is 10.1. The molecule has 3 rings (SSSR count). The van der Waals surface area contributed by atoms with E-state index in [2.05, 4.69) is 10.6 Å². The zero-order valence-electron chi connectivity index (χ0n) is 16.8. The number of hydrogen-bond donors (Lipinski definition) is 2. The first kappa shape index (κ1) is 21.6. The molecule has 0 spiro atoms. The number of amides is 4. The van der Waals surface area contributed by atoms with Crippen molar-refractivity contribution < 1.29 is 28.7 Å². The van der Waals surface area contributed by atoms with Gasteiger partial charge in [0.05, 0.1) is 18.4 Å². The van der Waals surface area contributed by atoms with Gasteiger partial charge in [0.1, 0.15) is 5.75 Å². The highest BCUT2D eigenvalue weighted by Gasteiger charge is 2.27. The van der Waals surface area contributed by atoms with E-state index < -0.39 is 30.4 Å². The van der Waals surface area contributed by atoms with E-state index >= 15 is 0 Å². The number of methoxy groups -OCH3 is 1. The van der Waals surface area contributed by atoms with Crippen LogP contribution in [0, 0.1) is 0 Å². The summed E-state index contributed by atoms with van der Waals surface area (Å²) < 4.78 is 10.1. The predicted molar refractivity (Wildman–Crippen MR) is 112 cm³/mol. The lowest BCUT2D eigenvalue weighted by atomic mass is 10.1. The summed E-state index contributed by atoms with van der Waals surface area (Å²) in [4.78, 5) is 49.2. The minimum absolute atomic E-state index is 0.0902. The van der Waals surface area contributed by atoms with Crippen LogP contribution in [0.3, 0.4) is 0 Å². The summed E-state index contributed by atoms with van der Waals surface area (Å²) in [5.74, 6) is -1.14. The molecule has 2 aromatic carbocycles. The Balaban J connectivity index is 1.60. The Bertz CT molecular complexity index is 1020. The molecule has 0 bridgehead atoms. The van der Waals surface area contributed by atoms with Crippen molar-refractivity contribution in [3.63, 3.8) is 0 Å². The van der Waals surface area contributed by atoms with E-state index in [1.165, 1.54) is 12.1 Å². The maximum atomic E-state index is 12.4. The van der Waals surface area contributed by atoms with Gasteiger partial charge in [-0.2, -0.15) is 0 Å².